The van der Waals surface area contributed by atoms with Crippen molar-refractivity contribution in [2.75, 3.05) is 5.32 Å². The molecule has 1 atom stereocenters. The molecule has 0 radical (unpaired) electrons. The van der Waals surface area contributed by atoms with Gasteiger partial charge >= 0.3 is 0 Å². The molecule has 0 saturated heterocycles. The lowest BCUT2D eigenvalue weighted by Crippen LogP contribution is -2.19. The first kappa shape index (κ1) is 12.8. The van der Waals surface area contributed by atoms with E-state index in [1.54, 1.807) is 6.07 Å². The minimum Gasteiger partial charge on any atom is -0.367 e. The summed E-state index contributed by atoms with van der Waals surface area (Å²) in [6.07, 6.45) is 2.42. The maximum atomic E-state index is 5.82. The molecule has 0 spiro atoms. The van der Waals surface area contributed by atoms with E-state index in [2.05, 4.69) is 53.4 Å². The summed E-state index contributed by atoms with van der Waals surface area (Å²) in [5.74, 6) is 0.760. The Morgan fingerprint density at radius 1 is 1.28 bits per heavy atom. The van der Waals surface area contributed by atoms with Crippen molar-refractivity contribution in [1.29, 1.82) is 0 Å². The SMILES string of the molecule is Cc1ccccc1CC(C)Nc1cc(Cl)ncn1. The number of nitrogens with zero attached hydrogens (tertiary/aromatic N) is 2. The third-order valence-electron chi connectivity index (χ3n) is 2.82. The van der Waals surface area contributed by atoms with E-state index in [-0.39, 0.29) is 6.04 Å². The molecule has 0 saturated carbocycles. The maximum Gasteiger partial charge on any atom is 0.134 e. The molecule has 3 nitrogen and oxygen atoms in total. The summed E-state index contributed by atoms with van der Waals surface area (Å²) < 4.78 is 0. The van der Waals surface area contributed by atoms with Gasteiger partial charge in [-0.15, -0.1) is 0 Å². The summed E-state index contributed by atoms with van der Waals surface area (Å²) in [5.41, 5.74) is 2.66. The minimum absolute atomic E-state index is 0.289. The quantitative estimate of drug-likeness (QED) is 0.857. The van der Waals surface area contributed by atoms with E-state index >= 15 is 0 Å². The average Bonchev–Trinajstić information content (AvgIpc) is 2.32. The molecule has 0 amide bonds. The first-order valence-corrected chi connectivity index (χ1v) is 6.31. The minimum atomic E-state index is 0.289. The molecule has 1 unspecified atom stereocenters. The molecule has 1 heterocycles. The maximum absolute atomic E-state index is 5.82. The predicted molar refractivity (Wildman–Crippen MR) is 75.0 cm³/mol. The van der Waals surface area contributed by atoms with Gasteiger partial charge in [0.05, 0.1) is 0 Å². The van der Waals surface area contributed by atoms with Gasteiger partial charge in [0.2, 0.25) is 0 Å². The molecule has 2 aromatic rings. The van der Waals surface area contributed by atoms with E-state index in [0.29, 0.717) is 5.15 Å². The predicted octanol–water partition coefficient (Wildman–Crippen LogP) is 3.48. The van der Waals surface area contributed by atoms with Crippen LogP contribution in [0.4, 0.5) is 5.82 Å². The van der Waals surface area contributed by atoms with Crippen molar-refractivity contribution in [3.8, 4) is 0 Å². The van der Waals surface area contributed by atoms with E-state index in [9.17, 15) is 0 Å². The zero-order valence-electron chi connectivity index (χ0n) is 10.5. The monoisotopic (exact) mass is 261 g/mol. The Hall–Kier alpha value is -1.61. The molecule has 1 aromatic heterocycles. The zero-order chi connectivity index (χ0) is 13.0. The number of hydrogen-bond acceptors (Lipinski definition) is 3. The molecule has 18 heavy (non-hydrogen) atoms. The van der Waals surface area contributed by atoms with Crippen LogP contribution in [0.1, 0.15) is 18.1 Å². The lowest BCUT2D eigenvalue weighted by atomic mass is 10.0. The van der Waals surface area contributed by atoms with Crippen molar-refractivity contribution >= 4 is 17.4 Å². The Morgan fingerprint density at radius 3 is 2.78 bits per heavy atom. The number of rotatable bonds is 4. The normalized spacial score (nSPS) is 12.2. The Labute approximate surface area is 112 Å². The molecule has 0 aliphatic carbocycles. The van der Waals surface area contributed by atoms with Gasteiger partial charge in [-0.1, -0.05) is 35.9 Å². The van der Waals surface area contributed by atoms with Gasteiger partial charge < -0.3 is 5.32 Å². The van der Waals surface area contributed by atoms with E-state index in [0.717, 1.165) is 12.2 Å². The van der Waals surface area contributed by atoms with Crippen LogP contribution in [0.5, 0.6) is 0 Å². The van der Waals surface area contributed by atoms with E-state index in [1.165, 1.54) is 17.5 Å². The van der Waals surface area contributed by atoms with Crippen LogP contribution in [0.25, 0.3) is 0 Å². The number of hydrogen-bond donors (Lipinski definition) is 1. The van der Waals surface area contributed by atoms with Crippen LogP contribution in [-0.4, -0.2) is 16.0 Å². The van der Waals surface area contributed by atoms with Gasteiger partial charge in [-0.05, 0) is 31.4 Å². The summed E-state index contributed by atoms with van der Waals surface area (Å²) >= 11 is 5.82. The highest BCUT2D eigenvalue weighted by Crippen LogP contribution is 2.14. The van der Waals surface area contributed by atoms with Gasteiger partial charge in [-0.2, -0.15) is 0 Å². The highest BCUT2D eigenvalue weighted by atomic mass is 35.5. The molecular formula is C14H16ClN3. The van der Waals surface area contributed by atoms with Crippen molar-refractivity contribution in [3.05, 3.63) is 52.9 Å². The Morgan fingerprint density at radius 2 is 2.06 bits per heavy atom. The lowest BCUT2D eigenvalue weighted by molar-refractivity contribution is 0.779. The Kier molecular flexibility index (Phi) is 4.15. The van der Waals surface area contributed by atoms with Crippen LogP contribution in [0.15, 0.2) is 36.7 Å². The van der Waals surface area contributed by atoms with Gasteiger partial charge in [0.1, 0.15) is 17.3 Å². The number of benzene rings is 1. The van der Waals surface area contributed by atoms with Crippen LogP contribution in [-0.2, 0) is 6.42 Å². The van der Waals surface area contributed by atoms with E-state index in [1.807, 2.05) is 0 Å². The lowest BCUT2D eigenvalue weighted by Gasteiger charge is -2.15. The fourth-order valence-corrected chi connectivity index (χ4v) is 2.03. The highest BCUT2D eigenvalue weighted by Gasteiger charge is 2.06. The second-order valence-electron chi connectivity index (χ2n) is 4.40. The first-order chi connectivity index (χ1) is 8.65. The van der Waals surface area contributed by atoms with Crippen LogP contribution < -0.4 is 5.32 Å². The summed E-state index contributed by atoms with van der Waals surface area (Å²) in [6, 6.07) is 10.4. The number of nitrogens with one attached hydrogen (secondary N) is 1. The average molecular weight is 262 g/mol. The highest BCUT2D eigenvalue weighted by molar-refractivity contribution is 6.29. The molecule has 0 fully saturated rings. The van der Waals surface area contributed by atoms with Crippen LogP contribution in [0, 0.1) is 6.92 Å². The van der Waals surface area contributed by atoms with Crippen molar-refractivity contribution in [1.82, 2.24) is 9.97 Å². The number of anilines is 1. The van der Waals surface area contributed by atoms with Gasteiger partial charge in [0.15, 0.2) is 0 Å². The molecule has 94 valence electrons. The zero-order valence-corrected chi connectivity index (χ0v) is 11.3. The number of aromatic nitrogens is 2. The molecule has 4 heteroatoms. The van der Waals surface area contributed by atoms with Crippen molar-refractivity contribution in [2.45, 2.75) is 26.3 Å². The third-order valence-corrected chi connectivity index (χ3v) is 3.02. The Bertz CT molecular complexity index is 528. The first-order valence-electron chi connectivity index (χ1n) is 5.94. The van der Waals surface area contributed by atoms with Crippen LogP contribution in [0.3, 0.4) is 0 Å². The molecule has 1 aromatic carbocycles. The molecule has 0 aliphatic rings. The fourth-order valence-electron chi connectivity index (χ4n) is 1.88. The summed E-state index contributed by atoms with van der Waals surface area (Å²) in [4.78, 5) is 8.00. The van der Waals surface area contributed by atoms with Crippen LogP contribution >= 0.6 is 11.6 Å². The van der Waals surface area contributed by atoms with E-state index in [4.69, 9.17) is 11.6 Å². The molecule has 0 aliphatic heterocycles. The summed E-state index contributed by atoms with van der Waals surface area (Å²) in [6.45, 7) is 4.26. The van der Waals surface area contributed by atoms with Gasteiger partial charge in [-0.3, -0.25) is 0 Å². The molecular weight excluding hydrogens is 246 g/mol. The van der Waals surface area contributed by atoms with Crippen LogP contribution in [0.2, 0.25) is 5.15 Å². The van der Waals surface area contributed by atoms with Crippen molar-refractivity contribution < 1.29 is 0 Å². The standard InChI is InChI=1S/C14H16ClN3/c1-10-5-3-4-6-12(10)7-11(2)18-14-8-13(15)16-9-17-14/h3-6,8-9,11H,7H2,1-2H3,(H,16,17,18). The van der Waals surface area contributed by atoms with E-state index < -0.39 is 0 Å². The topological polar surface area (TPSA) is 37.8 Å². The number of aryl methyl sites for hydroxylation is 1. The summed E-state index contributed by atoms with van der Waals surface area (Å²) in [5, 5.41) is 3.78. The van der Waals surface area contributed by atoms with Gasteiger partial charge in [0.25, 0.3) is 0 Å². The second-order valence-corrected chi connectivity index (χ2v) is 4.79. The fraction of sp³-hybridized carbons (Fsp3) is 0.286. The van der Waals surface area contributed by atoms with Gasteiger partial charge in [0, 0.05) is 12.1 Å². The van der Waals surface area contributed by atoms with Gasteiger partial charge in [-0.25, -0.2) is 9.97 Å². The second kappa shape index (κ2) is 5.83. The Balaban J connectivity index is 2.01. The molecule has 2 rings (SSSR count). The smallest absolute Gasteiger partial charge is 0.134 e. The molecule has 0 bridgehead atoms. The summed E-state index contributed by atoms with van der Waals surface area (Å²) in [7, 11) is 0. The van der Waals surface area contributed by atoms with Crippen molar-refractivity contribution in [2.24, 2.45) is 0 Å². The largest absolute Gasteiger partial charge is 0.367 e. The van der Waals surface area contributed by atoms with Crippen molar-refractivity contribution in [3.63, 3.8) is 0 Å². The molecule has 1 N–H and O–H groups in total. The number of halogens is 1. The third kappa shape index (κ3) is 3.44.